The predicted octanol–water partition coefficient (Wildman–Crippen LogP) is 4.82. The van der Waals surface area contributed by atoms with E-state index in [-0.39, 0.29) is 17.5 Å². The van der Waals surface area contributed by atoms with Crippen LogP contribution in [0.2, 0.25) is 0 Å². The van der Waals surface area contributed by atoms with Gasteiger partial charge in [-0.3, -0.25) is 19.9 Å². The molecule has 138 valence electrons. The van der Waals surface area contributed by atoms with Crippen molar-refractivity contribution in [1.82, 2.24) is 4.98 Å². The standard InChI is InChI=1S/C22H17N3O3/c26-19-5-1-3-16-20-15-4-2-12-23-17(15)10-11-18(20)24-22(21(16)19)13-6-8-14(9-7-13)25(27)28/h2,4,6-12,22,24H,1,3,5H2/t22-/m1/s1. The zero-order chi connectivity index (χ0) is 19.3. The van der Waals surface area contributed by atoms with Gasteiger partial charge in [0, 0.05) is 47.0 Å². The highest BCUT2D eigenvalue weighted by Gasteiger charge is 2.35. The van der Waals surface area contributed by atoms with Crippen LogP contribution in [0.15, 0.2) is 60.3 Å². The van der Waals surface area contributed by atoms with Gasteiger partial charge in [-0.15, -0.1) is 0 Å². The molecule has 0 spiro atoms. The Labute approximate surface area is 161 Å². The molecule has 6 nitrogen and oxygen atoms in total. The van der Waals surface area contributed by atoms with Crippen LogP contribution in [0, 0.1) is 10.1 Å². The van der Waals surface area contributed by atoms with Gasteiger partial charge in [0.15, 0.2) is 5.78 Å². The molecule has 1 aliphatic carbocycles. The van der Waals surface area contributed by atoms with Crippen molar-refractivity contribution in [3.05, 3.63) is 81.5 Å². The minimum Gasteiger partial charge on any atom is -0.373 e. The quantitative estimate of drug-likeness (QED) is 0.516. The number of hydrogen-bond donors (Lipinski definition) is 1. The Hall–Kier alpha value is -3.54. The Balaban J connectivity index is 1.72. The Bertz CT molecular complexity index is 1170. The number of nitro groups is 1. The van der Waals surface area contributed by atoms with Crippen molar-refractivity contribution in [1.29, 1.82) is 0 Å². The number of ketones is 1. The molecule has 3 aromatic rings. The Morgan fingerprint density at radius 2 is 1.89 bits per heavy atom. The van der Waals surface area contributed by atoms with Gasteiger partial charge in [-0.05, 0) is 54.3 Å². The number of carbonyl (C=O) groups is 1. The third-order valence-electron chi connectivity index (χ3n) is 5.57. The summed E-state index contributed by atoms with van der Waals surface area (Å²) in [5.41, 5.74) is 5.69. The number of anilines is 1. The highest BCUT2D eigenvalue weighted by molar-refractivity contribution is 6.12. The first kappa shape index (κ1) is 16.6. The van der Waals surface area contributed by atoms with Gasteiger partial charge >= 0.3 is 0 Å². The third kappa shape index (κ3) is 2.49. The summed E-state index contributed by atoms with van der Waals surface area (Å²) in [4.78, 5) is 27.9. The Morgan fingerprint density at radius 3 is 2.68 bits per heavy atom. The number of non-ortho nitro benzene ring substituents is 1. The Kier molecular flexibility index (Phi) is 3.72. The van der Waals surface area contributed by atoms with E-state index < -0.39 is 4.92 Å². The van der Waals surface area contributed by atoms with Crippen LogP contribution in [-0.2, 0) is 4.79 Å². The van der Waals surface area contributed by atoms with Crippen molar-refractivity contribution in [2.75, 3.05) is 5.32 Å². The molecule has 0 fully saturated rings. The molecule has 2 heterocycles. The van der Waals surface area contributed by atoms with Gasteiger partial charge in [-0.2, -0.15) is 0 Å². The lowest BCUT2D eigenvalue weighted by molar-refractivity contribution is -0.384. The first-order chi connectivity index (χ1) is 13.6. The summed E-state index contributed by atoms with van der Waals surface area (Å²) in [6, 6.07) is 14.1. The number of Topliss-reactive ketones (excluding diaryl/α,β-unsaturated/α-hetero) is 1. The van der Waals surface area contributed by atoms with Gasteiger partial charge < -0.3 is 5.32 Å². The summed E-state index contributed by atoms with van der Waals surface area (Å²) < 4.78 is 0. The van der Waals surface area contributed by atoms with E-state index in [4.69, 9.17) is 0 Å². The Morgan fingerprint density at radius 1 is 1.07 bits per heavy atom. The van der Waals surface area contributed by atoms with E-state index in [1.807, 2.05) is 24.3 Å². The molecular weight excluding hydrogens is 354 g/mol. The first-order valence-electron chi connectivity index (χ1n) is 9.29. The van der Waals surface area contributed by atoms with E-state index in [9.17, 15) is 14.9 Å². The normalized spacial score (nSPS) is 18.4. The lowest BCUT2D eigenvalue weighted by Gasteiger charge is -2.35. The van der Waals surface area contributed by atoms with Crippen LogP contribution >= 0.6 is 0 Å². The van der Waals surface area contributed by atoms with Crippen molar-refractivity contribution in [3.8, 4) is 0 Å². The molecule has 1 aromatic heterocycles. The molecule has 0 bridgehead atoms. The van der Waals surface area contributed by atoms with Crippen LogP contribution in [-0.4, -0.2) is 15.7 Å². The number of nitro benzene ring substituents is 1. The molecule has 28 heavy (non-hydrogen) atoms. The maximum Gasteiger partial charge on any atom is 0.269 e. The van der Waals surface area contributed by atoms with Crippen molar-refractivity contribution in [2.45, 2.75) is 25.3 Å². The molecule has 2 aromatic carbocycles. The minimum absolute atomic E-state index is 0.0428. The summed E-state index contributed by atoms with van der Waals surface area (Å²) in [6.45, 7) is 0. The lowest BCUT2D eigenvalue weighted by Crippen LogP contribution is -2.27. The smallest absolute Gasteiger partial charge is 0.269 e. The number of pyridine rings is 1. The molecule has 5 rings (SSSR count). The number of hydrogen-bond acceptors (Lipinski definition) is 5. The van der Waals surface area contributed by atoms with E-state index in [1.165, 1.54) is 12.1 Å². The monoisotopic (exact) mass is 371 g/mol. The topological polar surface area (TPSA) is 85.1 Å². The number of carbonyl (C=O) groups excluding carboxylic acids is 1. The fourth-order valence-corrected chi connectivity index (χ4v) is 4.32. The molecule has 1 N–H and O–H groups in total. The fourth-order valence-electron chi connectivity index (χ4n) is 4.32. The van der Waals surface area contributed by atoms with Crippen molar-refractivity contribution in [2.24, 2.45) is 0 Å². The highest BCUT2D eigenvalue weighted by Crippen LogP contribution is 2.47. The van der Waals surface area contributed by atoms with Crippen molar-refractivity contribution in [3.63, 3.8) is 0 Å². The largest absolute Gasteiger partial charge is 0.373 e. The van der Waals surface area contributed by atoms with Crippen LogP contribution in [0.1, 0.15) is 36.4 Å². The van der Waals surface area contributed by atoms with Gasteiger partial charge in [0.25, 0.3) is 5.69 Å². The summed E-state index contributed by atoms with van der Waals surface area (Å²) in [7, 11) is 0. The molecule has 1 aliphatic heterocycles. The maximum atomic E-state index is 12.9. The average molecular weight is 371 g/mol. The third-order valence-corrected chi connectivity index (χ3v) is 5.57. The first-order valence-corrected chi connectivity index (χ1v) is 9.29. The van der Waals surface area contributed by atoms with Gasteiger partial charge in [-0.25, -0.2) is 0 Å². The van der Waals surface area contributed by atoms with Gasteiger partial charge in [0.2, 0.25) is 0 Å². The van der Waals surface area contributed by atoms with Crippen molar-refractivity contribution >= 4 is 33.6 Å². The molecule has 1 atom stereocenters. The van der Waals surface area contributed by atoms with Crippen LogP contribution in [0.3, 0.4) is 0 Å². The van der Waals surface area contributed by atoms with E-state index in [0.717, 1.165) is 51.7 Å². The second kappa shape index (κ2) is 6.27. The number of nitrogens with one attached hydrogen (secondary N) is 1. The number of benzene rings is 2. The minimum atomic E-state index is -0.414. The molecule has 2 aliphatic rings. The molecule has 6 heteroatoms. The van der Waals surface area contributed by atoms with E-state index in [2.05, 4.69) is 10.3 Å². The van der Waals surface area contributed by atoms with Crippen LogP contribution in [0.4, 0.5) is 11.4 Å². The second-order valence-electron chi connectivity index (χ2n) is 7.15. The zero-order valence-corrected chi connectivity index (χ0v) is 15.0. The SMILES string of the molecule is O=C1CCCC2=C1[C@@H](c1ccc([N+](=O)[O-])cc1)Nc1ccc3ncccc3c12. The molecule has 0 saturated heterocycles. The highest BCUT2D eigenvalue weighted by atomic mass is 16.6. The number of nitrogens with zero attached hydrogens (tertiary/aromatic N) is 2. The number of aromatic nitrogens is 1. The van der Waals surface area contributed by atoms with E-state index in [1.54, 1.807) is 18.3 Å². The predicted molar refractivity (Wildman–Crippen MR) is 107 cm³/mol. The number of rotatable bonds is 2. The van der Waals surface area contributed by atoms with Crippen LogP contribution in [0.5, 0.6) is 0 Å². The maximum absolute atomic E-state index is 12.9. The second-order valence-corrected chi connectivity index (χ2v) is 7.15. The van der Waals surface area contributed by atoms with Crippen molar-refractivity contribution < 1.29 is 9.72 Å². The lowest BCUT2D eigenvalue weighted by atomic mass is 9.77. The van der Waals surface area contributed by atoms with Crippen LogP contribution < -0.4 is 5.32 Å². The van der Waals surface area contributed by atoms with Gasteiger partial charge in [0.05, 0.1) is 16.5 Å². The van der Waals surface area contributed by atoms with Gasteiger partial charge in [0.1, 0.15) is 0 Å². The zero-order valence-electron chi connectivity index (χ0n) is 15.0. The molecule has 0 radical (unpaired) electrons. The molecule has 0 unspecified atom stereocenters. The van der Waals surface area contributed by atoms with E-state index >= 15 is 0 Å². The fraction of sp³-hybridized carbons (Fsp3) is 0.182. The van der Waals surface area contributed by atoms with E-state index in [0.29, 0.717) is 6.42 Å². The summed E-state index contributed by atoms with van der Waals surface area (Å²) in [5.74, 6) is 0.142. The molecule has 0 saturated carbocycles. The number of fused-ring (bicyclic) bond motifs is 4. The summed E-state index contributed by atoms with van der Waals surface area (Å²) >= 11 is 0. The number of allylic oxidation sites excluding steroid dienone is 1. The summed E-state index contributed by atoms with van der Waals surface area (Å²) in [6.07, 6.45) is 3.97. The average Bonchev–Trinajstić information content (AvgIpc) is 2.73. The summed E-state index contributed by atoms with van der Waals surface area (Å²) in [5, 5.41) is 15.5. The van der Waals surface area contributed by atoms with Gasteiger partial charge in [-0.1, -0.05) is 6.07 Å². The molecule has 0 amide bonds. The van der Waals surface area contributed by atoms with Crippen LogP contribution in [0.25, 0.3) is 16.5 Å². The molecular formula is C22H17N3O3.